The smallest absolute Gasteiger partial charge is 0.152 e. The van der Waals surface area contributed by atoms with Gasteiger partial charge in [0, 0.05) is 33.7 Å². The van der Waals surface area contributed by atoms with Crippen molar-refractivity contribution in [2.24, 2.45) is 0 Å². The highest BCUT2D eigenvalue weighted by atomic mass is 79.9. The number of methoxy groups -OCH3 is 1. The standard InChI is InChI=1S/C24H20BrNO3/c1-28-22-10-11-24-23(12-22)19(15-27)14-26(24)13-17-4-8-21(9-5-17)29-16-18-2-6-20(25)7-3-18/h2-12,14-15H,13,16H2,1H3. The molecular weight excluding hydrogens is 430 g/mol. The van der Waals surface area contributed by atoms with Gasteiger partial charge < -0.3 is 14.0 Å². The molecule has 146 valence electrons. The van der Waals surface area contributed by atoms with Crippen LogP contribution in [0.3, 0.4) is 0 Å². The predicted octanol–water partition coefficient (Wildman–Crippen LogP) is 5.85. The van der Waals surface area contributed by atoms with Gasteiger partial charge in [0.2, 0.25) is 0 Å². The highest BCUT2D eigenvalue weighted by Gasteiger charge is 2.10. The summed E-state index contributed by atoms with van der Waals surface area (Å²) in [5.41, 5.74) is 3.91. The van der Waals surface area contributed by atoms with E-state index in [1.54, 1.807) is 7.11 Å². The molecule has 0 aliphatic carbocycles. The van der Waals surface area contributed by atoms with Crippen LogP contribution in [0, 0.1) is 0 Å². The van der Waals surface area contributed by atoms with Gasteiger partial charge in [-0.3, -0.25) is 4.79 Å². The zero-order chi connectivity index (χ0) is 20.2. The summed E-state index contributed by atoms with van der Waals surface area (Å²) in [7, 11) is 1.62. The Balaban J connectivity index is 1.48. The number of hydrogen-bond acceptors (Lipinski definition) is 3. The van der Waals surface area contributed by atoms with Crippen molar-refractivity contribution in [3.05, 3.63) is 94.1 Å². The average molecular weight is 450 g/mol. The third-order valence-electron chi connectivity index (χ3n) is 4.84. The molecule has 29 heavy (non-hydrogen) atoms. The molecule has 5 heteroatoms. The van der Waals surface area contributed by atoms with E-state index in [1.165, 1.54) is 0 Å². The Morgan fingerprint density at radius 3 is 2.31 bits per heavy atom. The molecule has 4 rings (SSSR count). The highest BCUT2D eigenvalue weighted by Crippen LogP contribution is 2.26. The van der Waals surface area contributed by atoms with Crippen LogP contribution in [0.25, 0.3) is 10.9 Å². The van der Waals surface area contributed by atoms with Gasteiger partial charge in [-0.15, -0.1) is 0 Å². The number of hydrogen-bond donors (Lipinski definition) is 0. The van der Waals surface area contributed by atoms with Crippen molar-refractivity contribution >= 4 is 33.1 Å². The van der Waals surface area contributed by atoms with Gasteiger partial charge in [0.15, 0.2) is 6.29 Å². The first kappa shape index (κ1) is 19.3. The number of carbonyl (C=O) groups excluding carboxylic acids is 1. The summed E-state index contributed by atoms with van der Waals surface area (Å²) in [5, 5.41) is 0.897. The molecule has 1 heterocycles. The fourth-order valence-electron chi connectivity index (χ4n) is 3.29. The van der Waals surface area contributed by atoms with Gasteiger partial charge >= 0.3 is 0 Å². The maximum Gasteiger partial charge on any atom is 0.152 e. The molecule has 0 saturated heterocycles. The molecule has 0 atom stereocenters. The van der Waals surface area contributed by atoms with Crippen LogP contribution in [0.4, 0.5) is 0 Å². The minimum atomic E-state index is 0.527. The van der Waals surface area contributed by atoms with Gasteiger partial charge in [0.25, 0.3) is 0 Å². The first-order chi connectivity index (χ1) is 14.2. The quantitative estimate of drug-likeness (QED) is 0.332. The van der Waals surface area contributed by atoms with Crippen LogP contribution in [0.2, 0.25) is 0 Å². The molecule has 0 spiro atoms. The maximum atomic E-state index is 11.5. The second kappa shape index (κ2) is 8.53. The van der Waals surface area contributed by atoms with E-state index in [9.17, 15) is 4.79 Å². The first-order valence-electron chi connectivity index (χ1n) is 9.24. The van der Waals surface area contributed by atoms with Gasteiger partial charge in [-0.1, -0.05) is 40.2 Å². The molecule has 0 N–H and O–H groups in total. The number of aromatic nitrogens is 1. The van der Waals surface area contributed by atoms with Crippen LogP contribution in [-0.4, -0.2) is 18.0 Å². The number of fused-ring (bicyclic) bond motifs is 1. The van der Waals surface area contributed by atoms with E-state index >= 15 is 0 Å². The Labute approximate surface area is 177 Å². The van der Waals surface area contributed by atoms with E-state index in [4.69, 9.17) is 9.47 Å². The van der Waals surface area contributed by atoms with Gasteiger partial charge in [-0.25, -0.2) is 0 Å². The van der Waals surface area contributed by atoms with Crippen molar-refractivity contribution in [1.29, 1.82) is 0 Å². The summed E-state index contributed by atoms with van der Waals surface area (Å²) in [5.74, 6) is 1.57. The number of ether oxygens (including phenoxy) is 2. The number of benzene rings is 3. The SMILES string of the molecule is COc1ccc2c(c1)c(C=O)cn2Cc1ccc(OCc2ccc(Br)cc2)cc1. The average Bonchev–Trinajstić information content (AvgIpc) is 3.11. The maximum absolute atomic E-state index is 11.5. The number of nitrogens with zero attached hydrogens (tertiary/aromatic N) is 1. The van der Waals surface area contributed by atoms with E-state index < -0.39 is 0 Å². The molecule has 1 aromatic heterocycles. The third kappa shape index (κ3) is 4.35. The minimum Gasteiger partial charge on any atom is -0.497 e. The summed E-state index contributed by atoms with van der Waals surface area (Å²) in [6, 6.07) is 21.9. The van der Waals surface area contributed by atoms with Gasteiger partial charge in [-0.05, 0) is 53.6 Å². The van der Waals surface area contributed by atoms with Crippen molar-refractivity contribution in [2.45, 2.75) is 13.2 Å². The second-order valence-corrected chi connectivity index (χ2v) is 7.69. The van der Waals surface area contributed by atoms with E-state index in [-0.39, 0.29) is 0 Å². The Kier molecular flexibility index (Phi) is 5.67. The van der Waals surface area contributed by atoms with Crippen molar-refractivity contribution in [3.8, 4) is 11.5 Å². The van der Waals surface area contributed by atoms with E-state index in [0.717, 1.165) is 44.3 Å². The molecule has 0 bridgehead atoms. The number of rotatable bonds is 7. The zero-order valence-corrected chi connectivity index (χ0v) is 17.6. The predicted molar refractivity (Wildman–Crippen MR) is 118 cm³/mol. The molecule has 4 nitrogen and oxygen atoms in total. The number of halogens is 1. The molecule has 0 aliphatic rings. The molecule has 0 unspecified atom stereocenters. The lowest BCUT2D eigenvalue weighted by Crippen LogP contribution is -1.99. The Hall–Kier alpha value is -3.05. The normalized spacial score (nSPS) is 10.8. The topological polar surface area (TPSA) is 40.5 Å². The van der Waals surface area contributed by atoms with Crippen LogP contribution in [-0.2, 0) is 13.2 Å². The first-order valence-corrected chi connectivity index (χ1v) is 10.0. The van der Waals surface area contributed by atoms with E-state index in [1.807, 2.05) is 72.9 Å². The minimum absolute atomic E-state index is 0.527. The van der Waals surface area contributed by atoms with Crippen LogP contribution in [0.15, 0.2) is 77.4 Å². The Morgan fingerprint density at radius 2 is 1.62 bits per heavy atom. The summed E-state index contributed by atoms with van der Waals surface area (Å²) in [4.78, 5) is 11.5. The van der Waals surface area contributed by atoms with E-state index in [0.29, 0.717) is 18.7 Å². The van der Waals surface area contributed by atoms with Crippen molar-refractivity contribution in [3.63, 3.8) is 0 Å². The van der Waals surface area contributed by atoms with Gasteiger partial charge in [0.05, 0.1) is 7.11 Å². The molecule has 0 aliphatic heterocycles. The molecule has 0 amide bonds. The van der Waals surface area contributed by atoms with Crippen LogP contribution < -0.4 is 9.47 Å². The van der Waals surface area contributed by atoms with Crippen molar-refractivity contribution in [2.75, 3.05) is 7.11 Å². The second-order valence-electron chi connectivity index (χ2n) is 6.77. The lowest BCUT2D eigenvalue weighted by atomic mass is 10.2. The zero-order valence-electron chi connectivity index (χ0n) is 16.0. The Bertz CT molecular complexity index is 1130. The van der Waals surface area contributed by atoms with E-state index in [2.05, 4.69) is 20.5 Å². The summed E-state index contributed by atoms with van der Waals surface area (Å²) in [6.07, 6.45) is 2.77. The fourth-order valence-corrected chi connectivity index (χ4v) is 3.55. The summed E-state index contributed by atoms with van der Waals surface area (Å²) >= 11 is 3.44. The summed E-state index contributed by atoms with van der Waals surface area (Å²) in [6.45, 7) is 1.20. The molecule has 4 aromatic rings. The highest BCUT2D eigenvalue weighted by molar-refractivity contribution is 9.10. The largest absolute Gasteiger partial charge is 0.497 e. The fraction of sp³-hybridized carbons (Fsp3) is 0.125. The number of aldehydes is 1. The Morgan fingerprint density at radius 1 is 0.931 bits per heavy atom. The van der Waals surface area contributed by atoms with Crippen LogP contribution in [0.1, 0.15) is 21.5 Å². The number of carbonyl (C=O) groups is 1. The lowest BCUT2D eigenvalue weighted by Gasteiger charge is -2.09. The van der Waals surface area contributed by atoms with Gasteiger partial charge in [-0.2, -0.15) is 0 Å². The van der Waals surface area contributed by atoms with Crippen molar-refractivity contribution < 1.29 is 14.3 Å². The van der Waals surface area contributed by atoms with Crippen molar-refractivity contribution in [1.82, 2.24) is 4.57 Å². The van der Waals surface area contributed by atoms with Crippen LogP contribution in [0.5, 0.6) is 11.5 Å². The van der Waals surface area contributed by atoms with Gasteiger partial charge in [0.1, 0.15) is 18.1 Å². The lowest BCUT2D eigenvalue weighted by molar-refractivity contribution is 0.112. The molecule has 3 aromatic carbocycles. The molecule has 0 fully saturated rings. The molecule has 0 radical (unpaired) electrons. The molecular formula is C24H20BrNO3. The molecule has 0 saturated carbocycles. The monoisotopic (exact) mass is 449 g/mol. The third-order valence-corrected chi connectivity index (χ3v) is 5.37. The summed E-state index contributed by atoms with van der Waals surface area (Å²) < 4.78 is 14.3. The van der Waals surface area contributed by atoms with Crippen LogP contribution >= 0.6 is 15.9 Å².